The highest BCUT2D eigenvalue weighted by molar-refractivity contribution is 8.93. The fourth-order valence-corrected chi connectivity index (χ4v) is 0.710. The van der Waals surface area contributed by atoms with Gasteiger partial charge in [0.2, 0.25) is 11.8 Å². The fourth-order valence-electron chi connectivity index (χ4n) is 0.710. The molecule has 5 heteroatoms. The molecule has 58 valence electrons. The van der Waals surface area contributed by atoms with Crippen LogP contribution in [-0.2, 0) is 9.59 Å². The number of piperidine rings is 1. The highest BCUT2D eigenvalue weighted by Gasteiger charge is 2.22. The molecule has 3 N–H and O–H groups in total. The normalized spacial score (nSPS) is 25.1. The molecule has 0 aromatic heterocycles. The molecule has 1 fully saturated rings. The van der Waals surface area contributed by atoms with Crippen LogP contribution in [0.4, 0.5) is 0 Å². The number of halogens is 1. The van der Waals surface area contributed by atoms with Crippen molar-refractivity contribution < 1.29 is 9.59 Å². The molecule has 0 radical (unpaired) electrons. The molecule has 0 aliphatic carbocycles. The van der Waals surface area contributed by atoms with Crippen molar-refractivity contribution in [3.63, 3.8) is 0 Å². The lowest BCUT2D eigenvalue weighted by Gasteiger charge is -2.15. The Morgan fingerprint density at radius 2 is 2.10 bits per heavy atom. The molecule has 4 nitrogen and oxygen atoms in total. The van der Waals surface area contributed by atoms with E-state index >= 15 is 0 Å². The molecular weight excluding hydrogens is 200 g/mol. The summed E-state index contributed by atoms with van der Waals surface area (Å²) < 4.78 is 0. The average molecular weight is 209 g/mol. The van der Waals surface area contributed by atoms with Gasteiger partial charge in [-0.3, -0.25) is 14.9 Å². The van der Waals surface area contributed by atoms with Gasteiger partial charge in [0.05, 0.1) is 6.04 Å². The average Bonchev–Trinajstić information content (AvgIpc) is 1.80. The van der Waals surface area contributed by atoms with Crippen molar-refractivity contribution in [3.05, 3.63) is 0 Å². The molecule has 2 amide bonds. The number of amides is 2. The fraction of sp³-hybridized carbons (Fsp3) is 0.600. The first kappa shape index (κ1) is 9.58. The van der Waals surface area contributed by atoms with Crippen LogP contribution in [0, 0.1) is 0 Å². The molecule has 10 heavy (non-hydrogen) atoms. The first-order valence-electron chi connectivity index (χ1n) is 2.79. The van der Waals surface area contributed by atoms with Crippen LogP contribution in [0.1, 0.15) is 12.8 Å². The molecule has 0 aromatic rings. The van der Waals surface area contributed by atoms with Gasteiger partial charge in [-0.25, -0.2) is 0 Å². The maximum absolute atomic E-state index is 10.5. The third-order valence-corrected chi connectivity index (χ3v) is 1.28. The van der Waals surface area contributed by atoms with Crippen LogP contribution < -0.4 is 11.1 Å². The summed E-state index contributed by atoms with van der Waals surface area (Å²) in [6.07, 6.45) is 0.845. The number of carbonyl (C=O) groups excluding carboxylic acids is 2. The van der Waals surface area contributed by atoms with Crippen LogP contribution in [0.15, 0.2) is 0 Å². The molecule has 0 unspecified atom stereocenters. The monoisotopic (exact) mass is 208 g/mol. The second-order valence-electron chi connectivity index (χ2n) is 2.06. The zero-order valence-electron chi connectivity index (χ0n) is 5.29. The number of nitrogens with two attached hydrogens (primary N) is 1. The van der Waals surface area contributed by atoms with Gasteiger partial charge in [-0.1, -0.05) is 0 Å². The van der Waals surface area contributed by atoms with Crippen LogP contribution in [0.25, 0.3) is 0 Å². The molecule has 1 heterocycles. The van der Waals surface area contributed by atoms with E-state index in [9.17, 15) is 9.59 Å². The van der Waals surface area contributed by atoms with Crippen LogP contribution in [0.5, 0.6) is 0 Å². The predicted octanol–water partition coefficient (Wildman–Crippen LogP) is -0.672. The van der Waals surface area contributed by atoms with Crippen molar-refractivity contribution >= 4 is 28.8 Å². The lowest BCUT2D eigenvalue weighted by molar-refractivity contribution is -0.134. The van der Waals surface area contributed by atoms with E-state index in [4.69, 9.17) is 5.73 Å². The summed E-state index contributed by atoms with van der Waals surface area (Å²) in [7, 11) is 0. The highest BCUT2D eigenvalue weighted by Crippen LogP contribution is 2.00. The molecule has 1 saturated heterocycles. The zero-order valence-corrected chi connectivity index (χ0v) is 7.01. The molecule has 1 rings (SSSR count). The minimum Gasteiger partial charge on any atom is -0.320 e. The summed E-state index contributed by atoms with van der Waals surface area (Å²) in [5.74, 6) is -0.576. The van der Waals surface area contributed by atoms with E-state index in [1.807, 2.05) is 0 Å². The van der Waals surface area contributed by atoms with Crippen molar-refractivity contribution in [1.29, 1.82) is 0 Å². The van der Waals surface area contributed by atoms with E-state index < -0.39 is 6.04 Å². The Bertz CT molecular complexity index is 160. The number of rotatable bonds is 0. The SMILES string of the molecule is Br.N[C@@H]1CCC(=O)NC1=O. The Kier molecular flexibility index (Phi) is 3.52. The maximum atomic E-state index is 10.5. The minimum absolute atomic E-state index is 0. The van der Waals surface area contributed by atoms with Gasteiger partial charge in [0.25, 0.3) is 0 Å². The summed E-state index contributed by atoms with van der Waals surface area (Å²) in [5, 5.41) is 2.13. The molecule has 0 aromatic carbocycles. The van der Waals surface area contributed by atoms with Gasteiger partial charge in [-0.15, -0.1) is 17.0 Å². The Morgan fingerprint density at radius 1 is 1.50 bits per heavy atom. The molecule has 1 aliphatic rings. The summed E-state index contributed by atoms with van der Waals surface area (Å²) in [4.78, 5) is 21.0. The molecule has 1 aliphatic heterocycles. The number of imide groups is 1. The van der Waals surface area contributed by atoms with Gasteiger partial charge in [0.1, 0.15) is 0 Å². The molecule has 0 saturated carbocycles. The van der Waals surface area contributed by atoms with Gasteiger partial charge in [-0.2, -0.15) is 0 Å². The van der Waals surface area contributed by atoms with Crippen molar-refractivity contribution in [2.75, 3.05) is 0 Å². The van der Waals surface area contributed by atoms with E-state index in [0.717, 1.165) is 0 Å². The van der Waals surface area contributed by atoms with Crippen molar-refractivity contribution in [3.8, 4) is 0 Å². The minimum atomic E-state index is -0.484. The topological polar surface area (TPSA) is 72.2 Å². The number of hydrogen-bond acceptors (Lipinski definition) is 3. The second-order valence-corrected chi connectivity index (χ2v) is 2.06. The summed E-state index contributed by atoms with van der Waals surface area (Å²) in [5.41, 5.74) is 5.28. The maximum Gasteiger partial charge on any atom is 0.243 e. The van der Waals surface area contributed by atoms with E-state index in [1.165, 1.54) is 0 Å². The van der Waals surface area contributed by atoms with Gasteiger partial charge in [0.15, 0.2) is 0 Å². The molecule has 0 spiro atoms. The highest BCUT2D eigenvalue weighted by atomic mass is 79.9. The van der Waals surface area contributed by atoms with E-state index in [-0.39, 0.29) is 28.8 Å². The summed E-state index contributed by atoms with van der Waals surface area (Å²) in [6.45, 7) is 0. The smallest absolute Gasteiger partial charge is 0.243 e. The lowest BCUT2D eigenvalue weighted by Crippen LogP contribution is -2.48. The van der Waals surface area contributed by atoms with Gasteiger partial charge in [0, 0.05) is 6.42 Å². The van der Waals surface area contributed by atoms with E-state index in [0.29, 0.717) is 12.8 Å². The summed E-state index contributed by atoms with van der Waals surface area (Å²) >= 11 is 0. The third-order valence-electron chi connectivity index (χ3n) is 1.28. The van der Waals surface area contributed by atoms with Crippen molar-refractivity contribution in [2.24, 2.45) is 5.73 Å². The molecule has 0 bridgehead atoms. The predicted molar refractivity (Wildman–Crippen MR) is 40.7 cm³/mol. The Labute approximate surface area is 68.9 Å². The van der Waals surface area contributed by atoms with Crippen molar-refractivity contribution in [1.82, 2.24) is 5.32 Å². The van der Waals surface area contributed by atoms with Crippen LogP contribution in [-0.4, -0.2) is 17.9 Å². The Hall–Kier alpha value is -0.420. The Morgan fingerprint density at radius 3 is 2.50 bits per heavy atom. The third kappa shape index (κ3) is 2.07. The number of carbonyl (C=O) groups is 2. The van der Waals surface area contributed by atoms with Crippen LogP contribution in [0.2, 0.25) is 0 Å². The van der Waals surface area contributed by atoms with E-state index in [1.54, 1.807) is 0 Å². The quantitative estimate of drug-likeness (QED) is 0.519. The van der Waals surface area contributed by atoms with Gasteiger partial charge in [-0.05, 0) is 6.42 Å². The lowest BCUT2D eigenvalue weighted by atomic mass is 10.1. The molecule has 1 atom stereocenters. The Balaban J connectivity index is 0.000000810. The van der Waals surface area contributed by atoms with Gasteiger partial charge < -0.3 is 5.73 Å². The first-order chi connectivity index (χ1) is 4.20. The van der Waals surface area contributed by atoms with E-state index in [2.05, 4.69) is 5.32 Å². The second kappa shape index (κ2) is 3.68. The summed E-state index contributed by atoms with van der Waals surface area (Å²) in [6, 6.07) is -0.484. The number of nitrogens with one attached hydrogen (secondary N) is 1. The molecular formula is C5H9BrN2O2. The zero-order chi connectivity index (χ0) is 6.85. The van der Waals surface area contributed by atoms with Gasteiger partial charge >= 0.3 is 0 Å². The standard InChI is InChI=1S/C5H8N2O2.BrH/c6-3-1-2-4(8)7-5(3)9;/h3H,1-2,6H2,(H,7,8,9);1H/t3-;/m1./s1. The van der Waals surface area contributed by atoms with Crippen LogP contribution in [0.3, 0.4) is 0 Å². The first-order valence-corrected chi connectivity index (χ1v) is 2.79. The van der Waals surface area contributed by atoms with Crippen LogP contribution >= 0.6 is 17.0 Å². The largest absolute Gasteiger partial charge is 0.320 e. The number of hydrogen-bond donors (Lipinski definition) is 2. The van der Waals surface area contributed by atoms with Crippen molar-refractivity contribution in [2.45, 2.75) is 18.9 Å².